The second-order valence-corrected chi connectivity index (χ2v) is 5.32. The van der Waals surface area contributed by atoms with Crippen LogP contribution >= 0.6 is 0 Å². The van der Waals surface area contributed by atoms with Crippen LogP contribution in [0, 0.1) is 20.8 Å². The zero-order chi connectivity index (χ0) is 15.7. The van der Waals surface area contributed by atoms with E-state index < -0.39 is 0 Å². The molecule has 1 aromatic heterocycles. The predicted octanol–water partition coefficient (Wildman–Crippen LogP) is 1.59. The van der Waals surface area contributed by atoms with Crippen molar-refractivity contribution in [2.24, 2.45) is 14.1 Å². The van der Waals surface area contributed by atoms with Gasteiger partial charge in [-0.1, -0.05) is 12.1 Å². The van der Waals surface area contributed by atoms with Gasteiger partial charge < -0.3 is 4.74 Å². The number of hydrogen-bond acceptors (Lipinski definition) is 3. The second kappa shape index (κ2) is 5.60. The third kappa shape index (κ3) is 2.77. The van der Waals surface area contributed by atoms with E-state index in [1.807, 2.05) is 32.9 Å². The van der Waals surface area contributed by atoms with Crippen molar-refractivity contribution in [2.45, 2.75) is 27.4 Å². The topological polar surface area (TPSA) is 53.2 Å². The number of hydrogen-bond donors (Lipinski definition) is 0. The van der Waals surface area contributed by atoms with E-state index in [4.69, 9.17) is 4.74 Å². The van der Waals surface area contributed by atoms with Gasteiger partial charge in [-0.05, 0) is 37.5 Å². The van der Waals surface area contributed by atoms with Crippen molar-refractivity contribution in [3.8, 4) is 5.75 Å². The lowest BCUT2D eigenvalue weighted by Crippen LogP contribution is -2.38. The van der Waals surface area contributed by atoms with E-state index in [1.165, 1.54) is 17.7 Å². The molecule has 1 heterocycles. The van der Waals surface area contributed by atoms with Crippen LogP contribution < -0.4 is 16.0 Å². The zero-order valence-electron chi connectivity index (χ0n) is 13.1. The van der Waals surface area contributed by atoms with Gasteiger partial charge in [-0.2, -0.15) is 0 Å². The minimum Gasteiger partial charge on any atom is -0.487 e. The average Bonchev–Trinajstić information content (AvgIpc) is 2.46. The molecule has 5 heteroatoms. The number of aromatic nitrogens is 2. The quantitative estimate of drug-likeness (QED) is 0.862. The van der Waals surface area contributed by atoms with Gasteiger partial charge in [0.15, 0.2) is 0 Å². The Morgan fingerprint density at radius 2 is 1.62 bits per heavy atom. The number of rotatable bonds is 3. The second-order valence-electron chi connectivity index (χ2n) is 5.32. The number of benzene rings is 1. The largest absolute Gasteiger partial charge is 0.487 e. The van der Waals surface area contributed by atoms with Crippen molar-refractivity contribution < 1.29 is 4.74 Å². The first-order valence-corrected chi connectivity index (χ1v) is 6.78. The zero-order valence-corrected chi connectivity index (χ0v) is 13.1. The van der Waals surface area contributed by atoms with Gasteiger partial charge in [-0.15, -0.1) is 0 Å². The van der Waals surface area contributed by atoms with Crippen LogP contribution in [0.4, 0.5) is 0 Å². The SMILES string of the molecule is Cc1ccc(C)c(OCc2cc(=O)n(C)c(=O)n2C)c1C. The number of ether oxygens (including phenoxy) is 1. The molecule has 0 aliphatic heterocycles. The normalized spacial score (nSPS) is 10.7. The van der Waals surface area contributed by atoms with E-state index in [2.05, 4.69) is 0 Å². The smallest absolute Gasteiger partial charge is 0.330 e. The van der Waals surface area contributed by atoms with Gasteiger partial charge in [0.25, 0.3) is 5.56 Å². The summed E-state index contributed by atoms with van der Waals surface area (Å²) in [5.41, 5.74) is 3.14. The van der Waals surface area contributed by atoms with Crippen LogP contribution in [0.1, 0.15) is 22.4 Å². The summed E-state index contributed by atoms with van der Waals surface area (Å²) in [7, 11) is 3.10. The van der Waals surface area contributed by atoms with Crippen molar-refractivity contribution in [1.29, 1.82) is 0 Å². The Morgan fingerprint density at radius 3 is 2.29 bits per heavy atom. The van der Waals surface area contributed by atoms with Crippen LogP contribution in [-0.4, -0.2) is 9.13 Å². The fraction of sp³-hybridized carbons (Fsp3) is 0.375. The Hall–Kier alpha value is -2.30. The van der Waals surface area contributed by atoms with Crippen molar-refractivity contribution in [3.05, 3.63) is 61.4 Å². The first-order valence-electron chi connectivity index (χ1n) is 6.78. The molecule has 0 aliphatic carbocycles. The molecular weight excluding hydrogens is 268 g/mol. The van der Waals surface area contributed by atoms with E-state index in [0.29, 0.717) is 5.69 Å². The highest BCUT2D eigenvalue weighted by Gasteiger charge is 2.10. The molecule has 0 aliphatic rings. The highest BCUT2D eigenvalue weighted by Crippen LogP contribution is 2.26. The Kier molecular flexibility index (Phi) is 4.02. The van der Waals surface area contributed by atoms with Crippen LogP contribution in [0.2, 0.25) is 0 Å². The molecule has 0 spiro atoms. The number of nitrogens with zero attached hydrogens (tertiary/aromatic N) is 2. The summed E-state index contributed by atoms with van der Waals surface area (Å²) in [5, 5.41) is 0. The molecule has 0 atom stereocenters. The predicted molar refractivity (Wildman–Crippen MR) is 81.9 cm³/mol. The molecule has 1 aromatic carbocycles. The fourth-order valence-electron chi connectivity index (χ4n) is 2.21. The molecule has 0 radical (unpaired) electrons. The van der Waals surface area contributed by atoms with Crippen LogP contribution in [0.5, 0.6) is 5.75 Å². The Labute approximate surface area is 123 Å². The van der Waals surface area contributed by atoms with E-state index in [9.17, 15) is 9.59 Å². The lowest BCUT2D eigenvalue weighted by Gasteiger charge is -2.15. The van der Waals surface area contributed by atoms with Gasteiger partial charge in [-0.25, -0.2) is 4.79 Å². The maximum Gasteiger partial charge on any atom is 0.330 e. The average molecular weight is 288 g/mol. The van der Waals surface area contributed by atoms with Crippen LogP contribution in [0.25, 0.3) is 0 Å². The molecular formula is C16H20N2O3. The van der Waals surface area contributed by atoms with Crippen LogP contribution in [0.3, 0.4) is 0 Å². The number of aryl methyl sites for hydroxylation is 2. The summed E-state index contributed by atoms with van der Waals surface area (Å²) in [4.78, 5) is 23.6. The van der Waals surface area contributed by atoms with Crippen molar-refractivity contribution in [3.63, 3.8) is 0 Å². The molecule has 0 saturated heterocycles. The van der Waals surface area contributed by atoms with Crippen LogP contribution in [0.15, 0.2) is 27.8 Å². The van der Waals surface area contributed by atoms with Crippen molar-refractivity contribution in [1.82, 2.24) is 9.13 Å². The third-order valence-electron chi connectivity index (χ3n) is 3.86. The molecule has 0 N–H and O–H groups in total. The molecule has 0 unspecified atom stereocenters. The molecule has 2 rings (SSSR count). The van der Waals surface area contributed by atoms with E-state index in [0.717, 1.165) is 27.0 Å². The van der Waals surface area contributed by atoms with E-state index in [1.54, 1.807) is 7.05 Å². The van der Waals surface area contributed by atoms with Gasteiger partial charge >= 0.3 is 5.69 Å². The Balaban J connectivity index is 2.36. The minimum atomic E-state index is -0.348. The summed E-state index contributed by atoms with van der Waals surface area (Å²) in [5.74, 6) is 0.808. The Morgan fingerprint density at radius 1 is 1.00 bits per heavy atom. The van der Waals surface area contributed by atoms with Gasteiger partial charge in [-0.3, -0.25) is 13.9 Å². The van der Waals surface area contributed by atoms with Crippen LogP contribution in [-0.2, 0) is 20.7 Å². The summed E-state index contributed by atoms with van der Waals surface area (Å²) >= 11 is 0. The lowest BCUT2D eigenvalue weighted by atomic mass is 10.1. The molecule has 21 heavy (non-hydrogen) atoms. The molecule has 0 saturated carbocycles. The third-order valence-corrected chi connectivity index (χ3v) is 3.86. The maximum atomic E-state index is 11.9. The van der Waals surface area contributed by atoms with Crippen molar-refractivity contribution >= 4 is 0 Å². The molecule has 2 aromatic rings. The highest BCUT2D eigenvalue weighted by molar-refractivity contribution is 5.44. The molecule has 112 valence electrons. The van der Waals surface area contributed by atoms with Gasteiger partial charge in [0.1, 0.15) is 12.4 Å². The lowest BCUT2D eigenvalue weighted by molar-refractivity contribution is 0.289. The molecule has 0 amide bonds. The first kappa shape index (κ1) is 15.1. The van der Waals surface area contributed by atoms with E-state index >= 15 is 0 Å². The monoisotopic (exact) mass is 288 g/mol. The summed E-state index contributed by atoms with van der Waals surface area (Å²) in [6.45, 7) is 6.19. The Bertz CT molecular complexity index is 800. The van der Waals surface area contributed by atoms with Gasteiger partial charge in [0, 0.05) is 20.2 Å². The highest BCUT2D eigenvalue weighted by atomic mass is 16.5. The fourth-order valence-corrected chi connectivity index (χ4v) is 2.21. The van der Waals surface area contributed by atoms with Gasteiger partial charge in [0.05, 0.1) is 5.69 Å². The summed E-state index contributed by atoms with van der Waals surface area (Å²) in [6.07, 6.45) is 0. The van der Waals surface area contributed by atoms with Gasteiger partial charge in [0.2, 0.25) is 0 Å². The minimum absolute atomic E-state index is 0.187. The molecule has 0 fully saturated rings. The molecule has 5 nitrogen and oxygen atoms in total. The molecule has 0 bridgehead atoms. The van der Waals surface area contributed by atoms with Crippen molar-refractivity contribution in [2.75, 3.05) is 0 Å². The summed E-state index contributed by atoms with van der Waals surface area (Å²) in [6, 6.07) is 5.48. The maximum absolute atomic E-state index is 11.9. The summed E-state index contributed by atoms with van der Waals surface area (Å²) < 4.78 is 8.37. The standard InChI is InChI=1S/C16H20N2O3/c1-10-6-7-11(2)15(12(10)3)21-9-13-8-14(19)18(5)16(20)17(13)4/h6-8H,9H2,1-5H3. The van der Waals surface area contributed by atoms with E-state index in [-0.39, 0.29) is 17.9 Å². The first-order chi connectivity index (χ1) is 9.82.